The maximum absolute atomic E-state index is 12.4. The molecule has 5 unspecified atom stereocenters. The second kappa shape index (κ2) is 4.09. The summed E-state index contributed by atoms with van der Waals surface area (Å²) in [7, 11) is 0. The summed E-state index contributed by atoms with van der Waals surface area (Å²) in [5.74, 6) is 0.870. The van der Waals surface area contributed by atoms with Gasteiger partial charge in [-0.15, -0.1) is 0 Å². The molecule has 3 fully saturated rings. The van der Waals surface area contributed by atoms with E-state index in [0.29, 0.717) is 17.4 Å². The van der Waals surface area contributed by atoms with Crippen LogP contribution in [0.4, 0.5) is 0 Å². The number of rotatable bonds is 3. The van der Waals surface area contributed by atoms with Crippen molar-refractivity contribution in [1.82, 2.24) is 4.90 Å². The van der Waals surface area contributed by atoms with E-state index in [4.69, 9.17) is 4.74 Å². The highest BCUT2D eigenvalue weighted by atomic mass is 16.5. The van der Waals surface area contributed by atoms with E-state index in [1.807, 2.05) is 18.7 Å². The van der Waals surface area contributed by atoms with Crippen LogP contribution >= 0.6 is 0 Å². The fraction of sp³-hybridized carbons (Fsp3) is 0.733. The van der Waals surface area contributed by atoms with Crippen LogP contribution in [-0.2, 0) is 14.3 Å². The van der Waals surface area contributed by atoms with Crippen molar-refractivity contribution in [3.05, 3.63) is 12.2 Å². The SMILES string of the molecule is C=C(C)C(=O)OC1C2CC3C(=O)N(C(C)C)C1C3C2. The highest BCUT2D eigenvalue weighted by molar-refractivity contribution is 5.88. The number of nitrogens with zero attached hydrogens (tertiary/aromatic N) is 1. The Labute approximate surface area is 113 Å². The van der Waals surface area contributed by atoms with Gasteiger partial charge < -0.3 is 9.64 Å². The summed E-state index contributed by atoms with van der Waals surface area (Å²) >= 11 is 0. The molecule has 3 aliphatic rings. The number of ether oxygens (including phenoxy) is 1. The molecule has 0 aromatic rings. The Morgan fingerprint density at radius 2 is 2.11 bits per heavy atom. The van der Waals surface area contributed by atoms with E-state index >= 15 is 0 Å². The van der Waals surface area contributed by atoms with Crippen molar-refractivity contribution in [3.63, 3.8) is 0 Å². The number of carbonyl (C=O) groups excluding carboxylic acids is 2. The second-order valence-corrected chi connectivity index (χ2v) is 6.48. The van der Waals surface area contributed by atoms with Gasteiger partial charge >= 0.3 is 5.97 Å². The Hall–Kier alpha value is -1.32. The number of carbonyl (C=O) groups is 2. The lowest BCUT2D eigenvalue weighted by Gasteiger charge is -2.33. The smallest absolute Gasteiger partial charge is 0.333 e. The van der Waals surface area contributed by atoms with Gasteiger partial charge in [-0.3, -0.25) is 4.79 Å². The third kappa shape index (κ3) is 1.65. The van der Waals surface area contributed by atoms with E-state index in [1.165, 1.54) is 0 Å². The molecule has 5 atom stereocenters. The standard InChI is InChI=1S/C15H21NO3/c1-7(2)15(18)19-13-9-5-10-11(6-9)14(17)16(8(3)4)12(10)13/h8-13H,1,5-6H2,2-4H3. The third-order valence-electron chi connectivity index (χ3n) is 4.93. The Kier molecular flexibility index (Phi) is 2.73. The summed E-state index contributed by atoms with van der Waals surface area (Å²) in [5, 5.41) is 0. The third-order valence-corrected chi connectivity index (χ3v) is 4.93. The molecule has 0 spiro atoms. The molecule has 0 aromatic carbocycles. The van der Waals surface area contributed by atoms with Crippen molar-refractivity contribution >= 4 is 11.9 Å². The van der Waals surface area contributed by atoms with Crippen molar-refractivity contribution in [2.75, 3.05) is 0 Å². The zero-order chi connectivity index (χ0) is 13.9. The molecule has 0 N–H and O–H groups in total. The predicted molar refractivity (Wildman–Crippen MR) is 70.2 cm³/mol. The molecule has 19 heavy (non-hydrogen) atoms. The minimum Gasteiger partial charge on any atom is -0.457 e. The maximum Gasteiger partial charge on any atom is 0.333 e. The van der Waals surface area contributed by atoms with Crippen LogP contribution in [0.1, 0.15) is 33.6 Å². The quantitative estimate of drug-likeness (QED) is 0.575. The molecule has 104 valence electrons. The van der Waals surface area contributed by atoms with Crippen LogP contribution in [0.5, 0.6) is 0 Å². The first-order valence-electron chi connectivity index (χ1n) is 7.10. The van der Waals surface area contributed by atoms with Crippen molar-refractivity contribution < 1.29 is 14.3 Å². The number of esters is 1. The summed E-state index contributed by atoms with van der Waals surface area (Å²) < 4.78 is 5.63. The molecule has 1 heterocycles. The summed E-state index contributed by atoms with van der Waals surface area (Å²) in [6, 6.07) is 0.271. The highest BCUT2D eigenvalue weighted by Gasteiger charge is 2.64. The molecule has 1 aliphatic heterocycles. The summed E-state index contributed by atoms with van der Waals surface area (Å²) in [4.78, 5) is 26.1. The van der Waals surface area contributed by atoms with Crippen LogP contribution < -0.4 is 0 Å². The van der Waals surface area contributed by atoms with E-state index in [-0.39, 0.29) is 36.0 Å². The van der Waals surface area contributed by atoms with E-state index in [0.717, 1.165) is 12.8 Å². The van der Waals surface area contributed by atoms with Gasteiger partial charge in [0, 0.05) is 17.5 Å². The first kappa shape index (κ1) is 12.7. The summed E-state index contributed by atoms with van der Waals surface area (Å²) in [6.45, 7) is 9.37. The van der Waals surface area contributed by atoms with Gasteiger partial charge in [0.05, 0.1) is 6.04 Å². The average molecular weight is 263 g/mol. The fourth-order valence-electron chi connectivity index (χ4n) is 4.26. The van der Waals surface area contributed by atoms with Crippen molar-refractivity contribution in [3.8, 4) is 0 Å². The van der Waals surface area contributed by atoms with Gasteiger partial charge in [-0.05, 0) is 45.4 Å². The van der Waals surface area contributed by atoms with Crippen LogP contribution in [-0.4, -0.2) is 35.0 Å². The topological polar surface area (TPSA) is 46.6 Å². The lowest BCUT2D eigenvalue weighted by molar-refractivity contribution is -0.151. The molecule has 2 aliphatic carbocycles. The van der Waals surface area contributed by atoms with Crippen molar-refractivity contribution in [2.24, 2.45) is 17.8 Å². The van der Waals surface area contributed by atoms with E-state index < -0.39 is 0 Å². The molecule has 2 bridgehead atoms. The highest BCUT2D eigenvalue weighted by Crippen LogP contribution is 2.57. The Morgan fingerprint density at radius 3 is 2.68 bits per heavy atom. The minimum atomic E-state index is -0.322. The second-order valence-electron chi connectivity index (χ2n) is 6.48. The molecule has 2 saturated carbocycles. The number of hydrogen-bond acceptors (Lipinski definition) is 3. The van der Waals surface area contributed by atoms with Gasteiger partial charge in [0.1, 0.15) is 6.10 Å². The molecule has 0 aromatic heterocycles. The Morgan fingerprint density at radius 1 is 1.42 bits per heavy atom. The molecule has 1 amide bonds. The first-order chi connectivity index (χ1) is 8.91. The number of amides is 1. The van der Waals surface area contributed by atoms with Gasteiger partial charge in [0.25, 0.3) is 0 Å². The lowest BCUT2D eigenvalue weighted by atomic mass is 9.87. The largest absolute Gasteiger partial charge is 0.457 e. The molecule has 4 heteroatoms. The predicted octanol–water partition coefficient (Wildman–Crippen LogP) is 1.75. The monoisotopic (exact) mass is 263 g/mol. The lowest BCUT2D eigenvalue weighted by Crippen LogP contribution is -2.47. The van der Waals surface area contributed by atoms with E-state index in [1.54, 1.807) is 6.92 Å². The summed E-state index contributed by atoms with van der Waals surface area (Å²) in [5.41, 5.74) is 0.430. The van der Waals surface area contributed by atoms with Crippen LogP contribution in [0, 0.1) is 17.8 Å². The van der Waals surface area contributed by atoms with Gasteiger partial charge in [0.15, 0.2) is 0 Å². The van der Waals surface area contributed by atoms with Gasteiger partial charge in [-0.1, -0.05) is 6.58 Å². The van der Waals surface area contributed by atoms with Gasteiger partial charge in [0.2, 0.25) is 5.91 Å². The number of fused-ring (bicyclic) bond motifs is 1. The maximum atomic E-state index is 12.4. The molecular weight excluding hydrogens is 242 g/mol. The van der Waals surface area contributed by atoms with E-state index in [9.17, 15) is 9.59 Å². The first-order valence-corrected chi connectivity index (χ1v) is 7.10. The zero-order valence-corrected chi connectivity index (χ0v) is 11.8. The Balaban J connectivity index is 1.86. The Bertz CT molecular complexity index is 456. The molecule has 4 nitrogen and oxygen atoms in total. The van der Waals surface area contributed by atoms with Crippen molar-refractivity contribution in [1.29, 1.82) is 0 Å². The van der Waals surface area contributed by atoms with Crippen LogP contribution in [0.15, 0.2) is 12.2 Å². The minimum absolute atomic E-state index is 0.0968. The average Bonchev–Trinajstić information content (AvgIpc) is 2.91. The zero-order valence-electron chi connectivity index (χ0n) is 11.8. The summed E-state index contributed by atoms with van der Waals surface area (Å²) in [6.07, 6.45) is 1.79. The molecule has 0 radical (unpaired) electrons. The van der Waals surface area contributed by atoms with Crippen LogP contribution in [0.25, 0.3) is 0 Å². The van der Waals surface area contributed by atoms with Gasteiger partial charge in [-0.25, -0.2) is 4.79 Å². The van der Waals surface area contributed by atoms with Crippen LogP contribution in [0.3, 0.4) is 0 Å². The van der Waals surface area contributed by atoms with Crippen LogP contribution in [0.2, 0.25) is 0 Å². The molecule has 3 rings (SSSR count). The fourth-order valence-corrected chi connectivity index (χ4v) is 4.26. The molecule has 1 saturated heterocycles. The normalized spacial score (nSPS) is 39.3. The number of likely N-dealkylation sites (tertiary alicyclic amines) is 1. The van der Waals surface area contributed by atoms with Crippen molar-refractivity contribution in [2.45, 2.75) is 51.8 Å². The number of hydrogen-bond donors (Lipinski definition) is 0. The van der Waals surface area contributed by atoms with E-state index in [2.05, 4.69) is 6.58 Å². The molecular formula is C15H21NO3. The van der Waals surface area contributed by atoms with Gasteiger partial charge in [-0.2, -0.15) is 0 Å².